The Balaban J connectivity index is 0.000000250. The van der Waals surface area contributed by atoms with Crippen LogP contribution in [0.3, 0.4) is 0 Å². The second kappa shape index (κ2) is 10.6. The zero-order valence-electron chi connectivity index (χ0n) is 26.5. The molecule has 4 saturated carbocycles. The third-order valence-corrected chi connectivity index (χ3v) is 8.81. The summed E-state index contributed by atoms with van der Waals surface area (Å²) in [6.45, 7) is 27.1. The van der Waals surface area contributed by atoms with Crippen molar-refractivity contribution in [3.63, 3.8) is 0 Å². The van der Waals surface area contributed by atoms with Crippen LogP contribution in [0.1, 0.15) is 154 Å². The van der Waals surface area contributed by atoms with Crippen molar-refractivity contribution in [2.75, 3.05) is 0 Å². The fourth-order valence-corrected chi connectivity index (χ4v) is 4.79. The summed E-state index contributed by atoms with van der Waals surface area (Å²) in [5.74, 6) is 0. The van der Waals surface area contributed by atoms with Crippen LogP contribution in [0.25, 0.3) is 0 Å². The molecule has 0 aromatic heterocycles. The van der Waals surface area contributed by atoms with E-state index < -0.39 is 22.9 Å². The van der Waals surface area contributed by atoms with Gasteiger partial charge in [0.05, 0.1) is 5.41 Å². The van der Waals surface area contributed by atoms with Crippen LogP contribution in [0.5, 0.6) is 0 Å². The van der Waals surface area contributed by atoms with Crippen molar-refractivity contribution in [1.82, 2.24) is 0 Å². The molecule has 4 fully saturated rings. The molecular formula is C32H59F5. The van der Waals surface area contributed by atoms with Gasteiger partial charge in [0.15, 0.2) is 0 Å². The van der Waals surface area contributed by atoms with E-state index in [1.165, 1.54) is 12.8 Å². The SMILES string of the molecule is CC(C)(C)C1(C)CC1.CC(C)(C)C1(F)CC1.CC(C)(C)CC1(C(F)(F)F)CC1.CC(C)(C)CC1(F)CC1. The Morgan fingerprint density at radius 2 is 0.892 bits per heavy atom. The highest BCUT2D eigenvalue weighted by Crippen LogP contribution is 2.62. The van der Waals surface area contributed by atoms with Gasteiger partial charge in [-0.05, 0) is 91.3 Å². The highest BCUT2D eigenvalue weighted by Gasteiger charge is 2.63. The van der Waals surface area contributed by atoms with Crippen LogP contribution in [0.2, 0.25) is 0 Å². The van der Waals surface area contributed by atoms with E-state index in [4.69, 9.17) is 0 Å². The molecule has 0 amide bonds. The molecule has 0 aliphatic heterocycles. The minimum atomic E-state index is -3.99. The Morgan fingerprint density at radius 3 is 0.946 bits per heavy atom. The van der Waals surface area contributed by atoms with E-state index in [2.05, 4.69) is 48.5 Å². The first kappa shape index (κ1) is 34.7. The summed E-state index contributed by atoms with van der Waals surface area (Å²) in [6, 6.07) is 0. The molecule has 0 atom stereocenters. The van der Waals surface area contributed by atoms with Crippen molar-refractivity contribution in [3.05, 3.63) is 0 Å². The molecule has 0 heterocycles. The molecule has 4 aliphatic rings. The van der Waals surface area contributed by atoms with Gasteiger partial charge in [-0.25, -0.2) is 8.78 Å². The maximum atomic E-state index is 13.0. The number of hydrogen-bond donors (Lipinski definition) is 0. The Kier molecular flexibility index (Phi) is 9.90. The second-order valence-electron chi connectivity index (χ2n) is 17.4. The predicted molar refractivity (Wildman–Crippen MR) is 148 cm³/mol. The third-order valence-electron chi connectivity index (χ3n) is 8.81. The third kappa shape index (κ3) is 11.7. The Morgan fingerprint density at radius 1 is 0.514 bits per heavy atom. The van der Waals surface area contributed by atoms with Gasteiger partial charge in [-0.15, -0.1) is 0 Å². The van der Waals surface area contributed by atoms with Crippen molar-refractivity contribution in [1.29, 1.82) is 0 Å². The highest BCUT2D eigenvalue weighted by atomic mass is 19.4. The lowest BCUT2D eigenvalue weighted by molar-refractivity contribution is -0.194. The summed E-state index contributed by atoms with van der Waals surface area (Å²) in [5, 5.41) is 0. The van der Waals surface area contributed by atoms with Crippen LogP contribution in [0.4, 0.5) is 22.0 Å². The van der Waals surface area contributed by atoms with Gasteiger partial charge in [-0.1, -0.05) is 90.0 Å². The van der Waals surface area contributed by atoms with Crippen LogP contribution in [-0.4, -0.2) is 17.5 Å². The first-order valence-corrected chi connectivity index (χ1v) is 14.4. The summed E-state index contributed by atoms with van der Waals surface area (Å²) in [6.07, 6.45) is 3.69. The lowest BCUT2D eigenvalue weighted by Crippen LogP contribution is -2.29. The summed E-state index contributed by atoms with van der Waals surface area (Å²) in [7, 11) is 0. The molecule has 0 aromatic carbocycles. The maximum absolute atomic E-state index is 13.0. The van der Waals surface area contributed by atoms with Crippen LogP contribution in [0, 0.1) is 32.5 Å². The van der Waals surface area contributed by atoms with Crippen LogP contribution in [-0.2, 0) is 0 Å². The molecule has 0 N–H and O–H groups in total. The monoisotopic (exact) mass is 538 g/mol. The Labute approximate surface area is 226 Å². The van der Waals surface area contributed by atoms with Gasteiger partial charge in [0, 0.05) is 0 Å². The molecule has 0 aromatic rings. The standard InChI is InChI=1S/C9H15F3.C8H15F.C8H16.C7H13F/c1-7(2,3)6-8(4-5-8)9(10,11)12;1-7(2,3)6-8(9)4-5-8;1-7(2,3)8(4)5-6-8;1-6(2,3)7(8)4-5-7/h4-6H2,1-3H3;4-6H2,1-3H3;5-6H2,1-4H3;4-5H2,1-3H3. The zero-order chi connectivity index (χ0) is 29.6. The van der Waals surface area contributed by atoms with Crippen molar-refractivity contribution in [2.24, 2.45) is 32.5 Å². The van der Waals surface area contributed by atoms with E-state index in [0.29, 0.717) is 23.7 Å². The molecule has 222 valence electrons. The molecule has 4 rings (SSSR count). The van der Waals surface area contributed by atoms with Gasteiger partial charge in [-0.3, -0.25) is 0 Å². The molecule has 0 saturated heterocycles. The fourth-order valence-electron chi connectivity index (χ4n) is 4.79. The van der Waals surface area contributed by atoms with Crippen LogP contribution >= 0.6 is 0 Å². The van der Waals surface area contributed by atoms with Gasteiger partial charge < -0.3 is 0 Å². The summed E-state index contributed by atoms with van der Waals surface area (Å²) in [4.78, 5) is 0. The summed E-state index contributed by atoms with van der Waals surface area (Å²) < 4.78 is 63.3. The number of alkyl halides is 5. The molecule has 5 heteroatoms. The summed E-state index contributed by atoms with van der Waals surface area (Å²) >= 11 is 0. The maximum Gasteiger partial charge on any atom is 0.394 e. The quantitative estimate of drug-likeness (QED) is 0.307. The molecule has 4 aliphatic carbocycles. The van der Waals surface area contributed by atoms with Crippen molar-refractivity contribution in [3.8, 4) is 0 Å². The van der Waals surface area contributed by atoms with Crippen molar-refractivity contribution >= 4 is 0 Å². The molecule has 0 bridgehead atoms. The molecular weight excluding hydrogens is 479 g/mol. The summed E-state index contributed by atoms with van der Waals surface area (Å²) in [5.41, 5.74) is -1.83. The van der Waals surface area contributed by atoms with Crippen LogP contribution in [0.15, 0.2) is 0 Å². The van der Waals surface area contributed by atoms with E-state index in [1.54, 1.807) is 0 Å². The van der Waals surface area contributed by atoms with Gasteiger partial charge in [0.25, 0.3) is 0 Å². The zero-order valence-corrected chi connectivity index (χ0v) is 26.5. The molecule has 0 spiro atoms. The first-order chi connectivity index (χ1) is 16.0. The first-order valence-electron chi connectivity index (χ1n) is 14.4. The molecule has 0 nitrogen and oxygen atoms in total. The van der Waals surface area contributed by atoms with Gasteiger partial charge >= 0.3 is 6.18 Å². The average molecular weight is 539 g/mol. The fraction of sp³-hybridized carbons (Fsp3) is 1.00. The van der Waals surface area contributed by atoms with Crippen molar-refractivity contribution < 1.29 is 22.0 Å². The highest BCUT2D eigenvalue weighted by molar-refractivity contribution is 5.03. The molecule has 0 unspecified atom stereocenters. The smallest absolute Gasteiger partial charge is 0.244 e. The topological polar surface area (TPSA) is 0 Å². The minimum Gasteiger partial charge on any atom is -0.244 e. The number of rotatable bonds is 2. The lowest BCUT2D eigenvalue weighted by atomic mass is 9.79. The number of hydrogen-bond acceptors (Lipinski definition) is 0. The average Bonchev–Trinajstić information content (AvgIpc) is 3.40. The van der Waals surface area contributed by atoms with E-state index >= 15 is 0 Å². The van der Waals surface area contributed by atoms with E-state index in [0.717, 1.165) is 32.1 Å². The largest absolute Gasteiger partial charge is 0.394 e. The van der Waals surface area contributed by atoms with Gasteiger partial charge in [0.1, 0.15) is 11.3 Å². The predicted octanol–water partition coefficient (Wildman–Crippen LogP) is 12.1. The second-order valence-corrected chi connectivity index (χ2v) is 17.4. The Bertz CT molecular complexity index is 680. The normalized spacial score (nSPS) is 24.2. The van der Waals surface area contributed by atoms with Crippen molar-refractivity contribution in [2.45, 2.75) is 172 Å². The van der Waals surface area contributed by atoms with Crippen LogP contribution < -0.4 is 0 Å². The minimum absolute atomic E-state index is 0.118. The molecule has 37 heavy (non-hydrogen) atoms. The van der Waals surface area contributed by atoms with Gasteiger partial charge in [0.2, 0.25) is 0 Å². The van der Waals surface area contributed by atoms with E-state index in [9.17, 15) is 22.0 Å². The Hall–Kier alpha value is -0.350. The van der Waals surface area contributed by atoms with Gasteiger partial charge in [-0.2, -0.15) is 13.2 Å². The molecule has 0 radical (unpaired) electrons. The number of halogens is 5. The lowest BCUT2D eigenvalue weighted by Gasteiger charge is -2.27. The van der Waals surface area contributed by atoms with E-state index in [1.807, 2.05) is 41.5 Å². The van der Waals surface area contributed by atoms with E-state index in [-0.39, 0.29) is 22.7 Å².